The van der Waals surface area contributed by atoms with Crippen molar-refractivity contribution in [3.8, 4) is 0 Å². The number of aliphatic hydroxyl groups excluding tert-OH is 3. The zero-order valence-electron chi connectivity index (χ0n) is 11.7. The summed E-state index contributed by atoms with van der Waals surface area (Å²) in [5.74, 6) is 5.98. The average molecular weight is 311 g/mol. The Labute approximate surface area is 124 Å². The first-order chi connectivity index (χ1) is 10.4. The summed E-state index contributed by atoms with van der Waals surface area (Å²) in [6, 6.07) is 0. The van der Waals surface area contributed by atoms with Crippen molar-refractivity contribution >= 4 is 22.9 Å². The van der Waals surface area contributed by atoms with E-state index in [1.54, 1.807) is 7.05 Å². The van der Waals surface area contributed by atoms with E-state index in [-0.39, 0.29) is 5.95 Å². The zero-order chi connectivity index (χ0) is 16.0. The fourth-order valence-corrected chi connectivity index (χ4v) is 2.46. The van der Waals surface area contributed by atoms with E-state index in [2.05, 4.69) is 15.0 Å². The number of hydrogen-bond acceptors (Lipinski definition) is 10. The number of nitrogens with zero attached hydrogens (tertiary/aromatic N) is 5. The number of nitrogens with two attached hydrogens (primary N) is 2. The maximum Gasteiger partial charge on any atom is 0.224 e. The predicted octanol–water partition coefficient (Wildman–Crippen LogP) is -2.67. The summed E-state index contributed by atoms with van der Waals surface area (Å²) in [5, 5.41) is 30.3. The molecule has 2 aromatic heterocycles. The van der Waals surface area contributed by atoms with Crippen molar-refractivity contribution in [2.75, 3.05) is 24.4 Å². The summed E-state index contributed by atoms with van der Waals surface area (Å²) in [6.07, 6.45) is -2.93. The number of nitrogen functional groups attached to an aromatic ring is 1. The fourth-order valence-electron chi connectivity index (χ4n) is 2.46. The highest BCUT2D eigenvalue weighted by Crippen LogP contribution is 2.32. The van der Waals surface area contributed by atoms with Crippen LogP contribution in [0.1, 0.15) is 6.23 Å². The molecule has 11 heteroatoms. The molecule has 1 saturated heterocycles. The highest BCUT2D eigenvalue weighted by Gasteiger charge is 2.44. The van der Waals surface area contributed by atoms with E-state index in [4.69, 9.17) is 21.4 Å². The monoisotopic (exact) mass is 311 g/mol. The lowest BCUT2D eigenvalue weighted by atomic mass is 10.1. The van der Waals surface area contributed by atoms with Crippen LogP contribution in [0, 0.1) is 0 Å². The topological polar surface area (TPSA) is 169 Å². The van der Waals surface area contributed by atoms with Crippen LogP contribution < -0.4 is 16.6 Å². The number of rotatable bonds is 3. The van der Waals surface area contributed by atoms with E-state index in [1.165, 1.54) is 15.9 Å². The second-order valence-electron chi connectivity index (χ2n) is 5.07. The minimum absolute atomic E-state index is 0.0201. The van der Waals surface area contributed by atoms with Gasteiger partial charge in [0.05, 0.1) is 12.9 Å². The van der Waals surface area contributed by atoms with Gasteiger partial charge in [-0.15, -0.1) is 0 Å². The van der Waals surface area contributed by atoms with E-state index in [1.807, 2.05) is 0 Å². The van der Waals surface area contributed by atoms with E-state index < -0.39 is 31.1 Å². The molecule has 0 radical (unpaired) electrons. The second kappa shape index (κ2) is 5.30. The van der Waals surface area contributed by atoms with Crippen molar-refractivity contribution in [2.24, 2.45) is 5.84 Å². The van der Waals surface area contributed by atoms with E-state index in [9.17, 15) is 10.2 Å². The number of fused-ring (bicyclic) bond motifs is 1. The van der Waals surface area contributed by atoms with Crippen molar-refractivity contribution in [3.05, 3.63) is 6.33 Å². The normalized spacial score (nSPS) is 28.4. The Morgan fingerprint density at radius 3 is 2.68 bits per heavy atom. The minimum atomic E-state index is -1.25. The van der Waals surface area contributed by atoms with Gasteiger partial charge in [0, 0.05) is 7.05 Å². The Morgan fingerprint density at radius 1 is 1.36 bits per heavy atom. The zero-order valence-corrected chi connectivity index (χ0v) is 11.7. The van der Waals surface area contributed by atoms with Gasteiger partial charge in [-0.3, -0.25) is 9.58 Å². The number of aromatic nitrogens is 4. The lowest BCUT2D eigenvalue weighted by Crippen LogP contribution is -2.33. The second-order valence-corrected chi connectivity index (χ2v) is 5.07. The highest BCUT2D eigenvalue weighted by atomic mass is 16.6. The molecule has 7 N–H and O–H groups in total. The van der Waals surface area contributed by atoms with Crippen LogP contribution in [0.2, 0.25) is 0 Å². The van der Waals surface area contributed by atoms with Gasteiger partial charge in [0.25, 0.3) is 0 Å². The molecule has 0 aliphatic carbocycles. The first-order valence-electron chi connectivity index (χ1n) is 6.55. The van der Waals surface area contributed by atoms with Crippen molar-refractivity contribution < 1.29 is 20.1 Å². The van der Waals surface area contributed by atoms with Crippen LogP contribution in [0.3, 0.4) is 0 Å². The number of imidazole rings is 1. The van der Waals surface area contributed by atoms with Gasteiger partial charge in [-0.1, -0.05) is 0 Å². The standard InChI is InChI=1S/C11H17N7O4/c1-17(13)8-5-9(16-11(12)15-8)18(3-14-5)10-7(21)6(20)4(2-19)22-10/h3-4,6-7,10,19-21H,2,13H2,1H3,(H2,12,15,16)/t4-,6-,7-,10+/m1/s1. The molecule has 3 heterocycles. The number of hydrazine groups is 1. The maximum absolute atomic E-state index is 10.1. The van der Waals surface area contributed by atoms with Crippen LogP contribution in [0.4, 0.5) is 11.8 Å². The molecule has 1 fully saturated rings. The van der Waals surface area contributed by atoms with Gasteiger partial charge < -0.3 is 25.8 Å². The smallest absolute Gasteiger partial charge is 0.224 e. The first-order valence-corrected chi connectivity index (χ1v) is 6.55. The molecule has 0 unspecified atom stereocenters. The van der Waals surface area contributed by atoms with Crippen molar-refractivity contribution in [1.29, 1.82) is 0 Å². The molecule has 0 amide bonds. The first kappa shape index (κ1) is 14.9. The molecule has 1 aliphatic rings. The van der Waals surface area contributed by atoms with Crippen molar-refractivity contribution in [2.45, 2.75) is 24.5 Å². The van der Waals surface area contributed by atoms with Crippen LogP contribution in [0.5, 0.6) is 0 Å². The lowest BCUT2D eigenvalue weighted by molar-refractivity contribution is -0.0511. The largest absolute Gasteiger partial charge is 0.394 e. The third kappa shape index (κ3) is 2.15. The molecule has 0 bridgehead atoms. The Bertz CT molecular complexity index is 690. The Kier molecular flexibility index (Phi) is 3.58. The highest BCUT2D eigenvalue weighted by molar-refractivity contribution is 5.84. The molecule has 3 rings (SSSR count). The van der Waals surface area contributed by atoms with Crippen molar-refractivity contribution in [3.63, 3.8) is 0 Å². The maximum atomic E-state index is 10.1. The minimum Gasteiger partial charge on any atom is -0.394 e. The SMILES string of the molecule is CN(N)c1nc(N)nc2c1ncn2[C@H]1O[C@H](CO)[C@@H](O)[C@H]1O. The number of ether oxygens (including phenoxy) is 1. The Morgan fingerprint density at radius 2 is 2.09 bits per heavy atom. The molecular weight excluding hydrogens is 294 g/mol. The fraction of sp³-hybridized carbons (Fsp3) is 0.545. The molecule has 120 valence electrons. The van der Waals surface area contributed by atoms with Gasteiger partial charge in [0.2, 0.25) is 5.95 Å². The third-order valence-corrected chi connectivity index (χ3v) is 3.55. The molecular formula is C11H17N7O4. The number of hydrogen-bond donors (Lipinski definition) is 5. The van der Waals surface area contributed by atoms with Gasteiger partial charge in [0.1, 0.15) is 18.3 Å². The molecule has 1 aliphatic heterocycles. The lowest BCUT2D eigenvalue weighted by Gasteiger charge is -2.17. The number of anilines is 2. The summed E-state index contributed by atoms with van der Waals surface area (Å²) in [4.78, 5) is 12.2. The molecule has 0 spiro atoms. The summed E-state index contributed by atoms with van der Waals surface area (Å²) >= 11 is 0. The van der Waals surface area contributed by atoms with Gasteiger partial charge in [-0.2, -0.15) is 9.97 Å². The molecule has 0 saturated carbocycles. The quantitative estimate of drug-likeness (QED) is 0.297. The van der Waals surface area contributed by atoms with E-state index in [0.717, 1.165) is 0 Å². The molecule has 11 nitrogen and oxygen atoms in total. The molecule has 22 heavy (non-hydrogen) atoms. The molecule has 2 aromatic rings. The summed E-state index contributed by atoms with van der Waals surface area (Å²) < 4.78 is 6.88. The van der Waals surface area contributed by atoms with E-state index >= 15 is 0 Å². The van der Waals surface area contributed by atoms with Crippen molar-refractivity contribution in [1.82, 2.24) is 19.5 Å². The van der Waals surface area contributed by atoms with Gasteiger partial charge in [-0.25, -0.2) is 10.8 Å². The van der Waals surface area contributed by atoms with Crippen LogP contribution in [0.25, 0.3) is 11.2 Å². The molecule has 0 aromatic carbocycles. The van der Waals surface area contributed by atoms with Gasteiger partial charge in [-0.05, 0) is 0 Å². The predicted molar refractivity (Wildman–Crippen MR) is 75.3 cm³/mol. The Balaban J connectivity index is 2.09. The third-order valence-electron chi connectivity index (χ3n) is 3.55. The van der Waals surface area contributed by atoms with Crippen LogP contribution in [-0.4, -0.2) is 66.8 Å². The van der Waals surface area contributed by atoms with E-state index in [0.29, 0.717) is 17.0 Å². The Hall–Kier alpha value is -2.05. The van der Waals surface area contributed by atoms with Crippen LogP contribution in [0.15, 0.2) is 6.33 Å². The molecule has 4 atom stereocenters. The summed E-state index contributed by atoms with van der Waals surface area (Å²) in [7, 11) is 1.58. The summed E-state index contributed by atoms with van der Waals surface area (Å²) in [6.45, 7) is -0.421. The van der Waals surface area contributed by atoms with Gasteiger partial charge in [0.15, 0.2) is 23.2 Å². The number of aliphatic hydroxyl groups is 3. The average Bonchev–Trinajstić information content (AvgIpc) is 3.00. The van der Waals surface area contributed by atoms with Crippen LogP contribution in [-0.2, 0) is 4.74 Å². The van der Waals surface area contributed by atoms with Gasteiger partial charge >= 0.3 is 0 Å². The summed E-state index contributed by atoms with van der Waals surface area (Å²) in [5.41, 5.74) is 6.34. The van der Waals surface area contributed by atoms with Crippen LogP contribution >= 0.6 is 0 Å².